The van der Waals surface area contributed by atoms with E-state index in [2.05, 4.69) is 47.1 Å². The Hall–Kier alpha value is -1.43. The molecule has 0 spiro atoms. The fraction of sp³-hybridized carbons (Fsp3) is 0.650. The Bertz CT molecular complexity index is 551. The van der Waals surface area contributed by atoms with Gasteiger partial charge in [-0.05, 0) is 31.9 Å². The Morgan fingerprint density at radius 3 is 2.64 bits per heavy atom. The van der Waals surface area contributed by atoms with Crippen LogP contribution in [0.15, 0.2) is 30.3 Å². The number of aliphatic hydroxyl groups is 1. The maximum atomic E-state index is 11.7. The number of β-amino-alcohol motifs (C(OH)–C–C–N with tert-alkyl or cyclic N) is 1. The van der Waals surface area contributed by atoms with Crippen LogP contribution in [0.5, 0.6) is 0 Å². The van der Waals surface area contributed by atoms with Gasteiger partial charge in [-0.3, -0.25) is 14.6 Å². The smallest absolute Gasteiger partial charge is 0.222 e. The molecule has 0 saturated carbocycles. The summed E-state index contributed by atoms with van der Waals surface area (Å²) in [4.78, 5) is 18.4. The average molecular weight is 345 g/mol. The first-order valence-electron chi connectivity index (χ1n) is 9.58. The molecular formula is C20H31N3O2. The molecule has 5 nitrogen and oxygen atoms in total. The lowest BCUT2D eigenvalue weighted by Crippen LogP contribution is -2.42. The van der Waals surface area contributed by atoms with Gasteiger partial charge in [-0.25, -0.2) is 0 Å². The van der Waals surface area contributed by atoms with Crippen molar-refractivity contribution < 1.29 is 9.90 Å². The van der Waals surface area contributed by atoms with E-state index in [0.717, 1.165) is 45.6 Å². The third-order valence-electron chi connectivity index (χ3n) is 5.49. The van der Waals surface area contributed by atoms with Crippen LogP contribution in [0.1, 0.15) is 31.7 Å². The second kappa shape index (κ2) is 8.79. The van der Waals surface area contributed by atoms with Gasteiger partial charge in [-0.1, -0.05) is 30.3 Å². The SMILES string of the molecule is CC1CCN(CC(O)CN2CCCC2=O)CCN1Cc1ccccc1. The number of nitrogens with zero attached hydrogens (tertiary/aromatic N) is 3. The average Bonchev–Trinajstić information content (AvgIpc) is 2.93. The van der Waals surface area contributed by atoms with Crippen molar-refractivity contribution in [1.29, 1.82) is 0 Å². The molecular weight excluding hydrogens is 314 g/mol. The third kappa shape index (κ3) is 5.27. The fourth-order valence-corrected chi connectivity index (χ4v) is 3.90. The first kappa shape index (κ1) is 18.4. The quantitative estimate of drug-likeness (QED) is 0.850. The normalized spacial score (nSPS) is 24.5. The molecule has 2 saturated heterocycles. The minimum absolute atomic E-state index is 0.192. The number of amides is 1. The van der Waals surface area contributed by atoms with E-state index in [4.69, 9.17) is 0 Å². The summed E-state index contributed by atoms with van der Waals surface area (Å²) in [7, 11) is 0. The van der Waals surface area contributed by atoms with Crippen LogP contribution >= 0.6 is 0 Å². The molecule has 0 radical (unpaired) electrons. The maximum absolute atomic E-state index is 11.7. The van der Waals surface area contributed by atoms with Gasteiger partial charge in [0.25, 0.3) is 0 Å². The minimum Gasteiger partial charge on any atom is -0.390 e. The summed E-state index contributed by atoms with van der Waals surface area (Å²) in [6.45, 7) is 8.24. The molecule has 1 amide bonds. The molecule has 5 heteroatoms. The predicted octanol–water partition coefficient (Wildman–Crippen LogP) is 1.57. The van der Waals surface area contributed by atoms with Crippen molar-refractivity contribution in [2.75, 3.05) is 39.3 Å². The Labute approximate surface area is 151 Å². The number of rotatable bonds is 6. The van der Waals surface area contributed by atoms with Gasteiger partial charge < -0.3 is 10.0 Å². The lowest BCUT2D eigenvalue weighted by Gasteiger charge is -2.27. The fourth-order valence-electron chi connectivity index (χ4n) is 3.90. The number of hydrogen-bond donors (Lipinski definition) is 1. The van der Waals surface area contributed by atoms with E-state index in [1.807, 2.05) is 4.90 Å². The van der Waals surface area contributed by atoms with Crippen molar-refractivity contribution in [3.63, 3.8) is 0 Å². The zero-order valence-electron chi connectivity index (χ0n) is 15.3. The predicted molar refractivity (Wildman–Crippen MR) is 99.2 cm³/mol. The summed E-state index contributed by atoms with van der Waals surface area (Å²) < 4.78 is 0. The summed E-state index contributed by atoms with van der Waals surface area (Å²) in [6, 6.07) is 11.2. The molecule has 25 heavy (non-hydrogen) atoms. The summed E-state index contributed by atoms with van der Waals surface area (Å²) in [5.41, 5.74) is 1.36. The van der Waals surface area contributed by atoms with Gasteiger partial charge in [0.05, 0.1) is 6.10 Å². The van der Waals surface area contributed by atoms with Gasteiger partial charge in [-0.15, -0.1) is 0 Å². The molecule has 2 fully saturated rings. The van der Waals surface area contributed by atoms with Crippen molar-refractivity contribution in [2.45, 2.75) is 44.9 Å². The molecule has 0 bridgehead atoms. The molecule has 2 aliphatic heterocycles. The summed E-state index contributed by atoms with van der Waals surface area (Å²) in [5, 5.41) is 10.4. The van der Waals surface area contributed by atoms with Crippen molar-refractivity contribution in [3.8, 4) is 0 Å². The van der Waals surface area contributed by atoms with Gasteiger partial charge in [0.15, 0.2) is 0 Å². The molecule has 1 N–H and O–H groups in total. The van der Waals surface area contributed by atoms with Crippen LogP contribution in [0.25, 0.3) is 0 Å². The number of carbonyl (C=O) groups is 1. The molecule has 3 rings (SSSR count). The van der Waals surface area contributed by atoms with Crippen LogP contribution < -0.4 is 0 Å². The molecule has 0 aliphatic carbocycles. The van der Waals surface area contributed by atoms with Crippen LogP contribution in [-0.2, 0) is 11.3 Å². The first-order chi connectivity index (χ1) is 12.1. The zero-order valence-corrected chi connectivity index (χ0v) is 15.3. The Morgan fingerprint density at radius 2 is 1.92 bits per heavy atom. The largest absolute Gasteiger partial charge is 0.390 e. The highest BCUT2D eigenvalue weighted by Crippen LogP contribution is 2.16. The molecule has 2 atom stereocenters. The van der Waals surface area contributed by atoms with Crippen LogP contribution in [0.3, 0.4) is 0 Å². The van der Waals surface area contributed by atoms with Crippen molar-refractivity contribution in [1.82, 2.24) is 14.7 Å². The highest BCUT2D eigenvalue weighted by atomic mass is 16.3. The third-order valence-corrected chi connectivity index (χ3v) is 5.49. The van der Waals surface area contributed by atoms with Crippen LogP contribution in [0.2, 0.25) is 0 Å². The second-order valence-electron chi connectivity index (χ2n) is 7.49. The summed E-state index contributed by atoms with van der Waals surface area (Å²) in [5.74, 6) is 0.192. The number of benzene rings is 1. The second-order valence-corrected chi connectivity index (χ2v) is 7.49. The Kier molecular flexibility index (Phi) is 6.45. The topological polar surface area (TPSA) is 47.0 Å². The van der Waals surface area contributed by atoms with Crippen molar-refractivity contribution in [2.24, 2.45) is 0 Å². The Morgan fingerprint density at radius 1 is 1.12 bits per heavy atom. The van der Waals surface area contributed by atoms with Crippen molar-refractivity contribution >= 4 is 5.91 Å². The minimum atomic E-state index is -0.446. The van der Waals surface area contributed by atoms with E-state index in [0.29, 0.717) is 25.6 Å². The summed E-state index contributed by atoms with van der Waals surface area (Å²) in [6.07, 6.45) is 2.24. The van der Waals surface area contributed by atoms with Gasteiger partial charge in [0.2, 0.25) is 5.91 Å². The van der Waals surface area contributed by atoms with Crippen LogP contribution in [0, 0.1) is 0 Å². The number of carbonyl (C=O) groups excluding carboxylic acids is 1. The molecule has 2 unspecified atom stereocenters. The molecule has 1 aromatic rings. The van der Waals surface area contributed by atoms with E-state index in [-0.39, 0.29) is 5.91 Å². The van der Waals surface area contributed by atoms with Crippen molar-refractivity contribution in [3.05, 3.63) is 35.9 Å². The van der Waals surface area contributed by atoms with E-state index in [9.17, 15) is 9.90 Å². The highest BCUT2D eigenvalue weighted by Gasteiger charge is 2.25. The van der Waals surface area contributed by atoms with Gasteiger partial charge in [0.1, 0.15) is 0 Å². The number of aliphatic hydroxyl groups excluding tert-OH is 1. The van der Waals surface area contributed by atoms with E-state index < -0.39 is 6.10 Å². The number of hydrogen-bond acceptors (Lipinski definition) is 4. The standard InChI is InChI=1S/C20H31N3O2/c1-17-9-11-21(15-19(24)16-23-10-5-8-20(23)25)12-13-22(17)14-18-6-3-2-4-7-18/h2-4,6-7,17,19,24H,5,8-16H2,1H3. The molecule has 2 heterocycles. The highest BCUT2D eigenvalue weighted by molar-refractivity contribution is 5.78. The zero-order chi connectivity index (χ0) is 17.6. The molecule has 2 aliphatic rings. The van der Waals surface area contributed by atoms with Gasteiger partial charge >= 0.3 is 0 Å². The Balaban J connectivity index is 1.47. The lowest BCUT2D eigenvalue weighted by molar-refractivity contribution is -0.129. The summed E-state index contributed by atoms with van der Waals surface area (Å²) >= 11 is 0. The maximum Gasteiger partial charge on any atom is 0.222 e. The van der Waals surface area contributed by atoms with E-state index in [1.165, 1.54) is 5.56 Å². The monoisotopic (exact) mass is 345 g/mol. The van der Waals surface area contributed by atoms with E-state index >= 15 is 0 Å². The van der Waals surface area contributed by atoms with Crippen LogP contribution in [-0.4, -0.2) is 77.1 Å². The van der Waals surface area contributed by atoms with Gasteiger partial charge in [-0.2, -0.15) is 0 Å². The molecule has 0 aromatic heterocycles. The molecule has 1 aromatic carbocycles. The lowest BCUT2D eigenvalue weighted by atomic mass is 10.1. The van der Waals surface area contributed by atoms with E-state index in [1.54, 1.807) is 0 Å². The van der Waals surface area contributed by atoms with Gasteiger partial charge in [0, 0.05) is 51.7 Å². The first-order valence-corrected chi connectivity index (χ1v) is 9.58. The molecule has 138 valence electrons. The number of likely N-dealkylation sites (tertiary alicyclic amines) is 1. The van der Waals surface area contributed by atoms with Crippen LogP contribution in [0.4, 0.5) is 0 Å².